The highest BCUT2D eigenvalue weighted by atomic mass is 19.1. The Morgan fingerprint density at radius 2 is 2.33 bits per heavy atom. The molecule has 1 atom stereocenters. The fourth-order valence-corrected chi connectivity index (χ4v) is 1.87. The van der Waals surface area contributed by atoms with E-state index in [1.54, 1.807) is 0 Å². The second-order valence-electron chi connectivity index (χ2n) is 4.06. The smallest absolute Gasteiger partial charge is 0.306 e. The summed E-state index contributed by atoms with van der Waals surface area (Å²) in [4.78, 5) is 21.5. The number of anilines is 1. The maximum absolute atomic E-state index is 13.1. The molecule has 1 saturated heterocycles. The molecule has 0 radical (unpaired) electrons. The van der Waals surface area contributed by atoms with Gasteiger partial charge in [-0.05, 0) is 31.5 Å². The maximum Gasteiger partial charge on any atom is 0.306 e. The minimum atomic E-state index is -0.919. The number of benzene rings is 1. The van der Waals surface area contributed by atoms with Crippen molar-refractivity contribution in [3.05, 3.63) is 34.1 Å². The molecule has 0 aromatic heterocycles. The van der Waals surface area contributed by atoms with Crippen molar-refractivity contribution < 1.29 is 14.1 Å². The Hall–Kier alpha value is -2.02. The van der Waals surface area contributed by atoms with E-state index in [0.717, 1.165) is 31.5 Å². The minimum Gasteiger partial charge on any atom is -0.324 e. The van der Waals surface area contributed by atoms with Crippen LogP contribution in [0.1, 0.15) is 12.8 Å². The van der Waals surface area contributed by atoms with Crippen LogP contribution in [0.15, 0.2) is 18.2 Å². The molecule has 96 valence electrons. The van der Waals surface area contributed by atoms with Crippen LogP contribution in [0.5, 0.6) is 0 Å². The number of nitrogens with zero attached hydrogens (tertiary/aromatic N) is 1. The lowest BCUT2D eigenvalue weighted by Crippen LogP contribution is -2.35. The molecule has 1 aromatic rings. The molecule has 6 nitrogen and oxygen atoms in total. The van der Waals surface area contributed by atoms with Crippen LogP contribution < -0.4 is 10.6 Å². The third-order valence-electron chi connectivity index (χ3n) is 2.79. The average Bonchev–Trinajstić information content (AvgIpc) is 2.85. The first-order chi connectivity index (χ1) is 8.58. The number of nitrogens with one attached hydrogen (secondary N) is 2. The average molecular weight is 253 g/mol. The summed E-state index contributed by atoms with van der Waals surface area (Å²) < 4.78 is 13.1. The van der Waals surface area contributed by atoms with E-state index in [9.17, 15) is 19.3 Å². The first-order valence-electron chi connectivity index (χ1n) is 5.56. The number of hydrogen-bond acceptors (Lipinski definition) is 4. The SMILES string of the molecule is O=C(Nc1ccc(F)c([N+](=O)[O-])c1)C1CCCN1. The lowest BCUT2D eigenvalue weighted by molar-refractivity contribution is -0.387. The molecule has 0 aliphatic carbocycles. The number of amides is 1. The highest BCUT2D eigenvalue weighted by molar-refractivity contribution is 5.95. The highest BCUT2D eigenvalue weighted by Gasteiger charge is 2.23. The van der Waals surface area contributed by atoms with Gasteiger partial charge in [-0.25, -0.2) is 0 Å². The fourth-order valence-electron chi connectivity index (χ4n) is 1.87. The van der Waals surface area contributed by atoms with Gasteiger partial charge in [-0.1, -0.05) is 0 Å². The van der Waals surface area contributed by atoms with Gasteiger partial charge in [0.2, 0.25) is 11.7 Å². The van der Waals surface area contributed by atoms with Crippen LogP contribution in [-0.2, 0) is 4.79 Å². The van der Waals surface area contributed by atoms with Crippen molar-refractivity contribution in [1.29, 1.82) is 0 Å². The van der Waals surface area contributed by atoms with Gasteiger partial charge < -0.3 is 10.6 Å². The Kier molecular flexibility index (Phi) is 3.52. The van der Waals surface area contributed by atoms with E-state index < -0.39 is 16.4 Å². The van der Waals surface area contributed by atoms with Crippen LogP contribution in [0.25, 0.3) is 0 Å². The van der Waals surface area contributed by atoms with Gasteiger partial charge >= 0.3 is 5.69 Å². The molecule has 1 aliphatic heterocycles. The van der Waals surface area contributed by atoms with Crippen molar-refractivity contribution in [2.75, 3.05) is 11.9 Å². The van der Waals surface area contributed by atoms with E-state index >= 15 is 0 Å². The predicted molar refractivity (Wildman–Crippen MR) is 62.7 cm³/mol. The number of carbonyl (C=O) groups is 1. The van der Waals surface area contributed by atoms with Gasteiger partial charge in [0.15, 0.2) is 0 Å². The largest absolute Gasteiger partial charge is 0.324 e. The van der Waals surface area contributed by atoms with Crippen molar-refractivity contribution in [3.63, 3.8) is 0 Å². The van der Waals surface area contributed by atoms with Gasteiger partial charge in [-0.3, -0.25) is 14.9 Å². The monoisotopic (exact) mass is 253 g/mol. The van der Waals surface area contributed by atoms with Gasteiger partial charge in [0, 0.05) is 11.8 Å². The first kappa shape index (κ1) is 12.4. The zero-order valence-corrected chi connectivity index (χ0v) is 9.48. The lowest BCUT2D eigenvalue weighted by Gasteiger charge is -2.10. The third kappa shape index (κ3) is 2.62. The Morgan fingerprint density at radius 3 is 2.94 bits per heavy atom. The predicted octanol–water partition coefficient (Wildman–Crippen LogP) is 1.42. The Balaban J connectivity index is 2.11. The summed E-state index contributed by atoms with van der Waals surface area (Å²) in [5, 5.41) is 16.1. The minimum absolute atomic E-state index is 0.224. The fraction of sp³-hybridized carbons (Fsp3) is 0.364. The molecule has 0 spiro atoms. The molecule has 0 bridgehead atoms. The standard InChI is InChI=1S/C11H12FN3O3/c12-8-4-3-7(6-10(8)15(17)18)14-11(16)9-2-1-5-13-9/h3-4,6,9,13H,1-2,5H2,(H,14,16). The second-order valence-corrected chi connectivity index (χ2v) is 4.06. The van der Waals surface area contributed by atoms with Crippen molar-refractivity contribution in [1.82, 2.24) is 5.32 Å². The molecular weight excluding hydrogens is 241 g/mol. The zero-order valence-electron chi connectivity index (χ0n) is 9.48. The molecule has 1 unspecified atom stereocenters. The molecular formula is C11H12FN3O3. The first-order valence-corrected chi connectivity index (χ1v) is 5.56. The quantitative estimate of drug-likeness (QED) is 0.630. The van der Waals surface area contributed by atoms with Gasteiger partial charge in [-0.2, -0.15) is 4.39 Å². The molecule has 2 rings (SSSR count). The number of hydrogen-bond donors (Lipinski definition) is 2. The molecule has 0 saturated carbocycles. The van der Waals surface area contributed by atoms with E-state index in [2.05, 4.69) is 10.6 Å². The zero-order chi connectivity index (χ0) is 13.1. The third-order valence-corrected chi connectivity index (χ3v) is 2.79. The molecule has 7 heteroatoms. The molecule has 1 fully saturated rings. The number of halogens is 1. The number of nitro groups is 1. The van der Waals surface area contributed by atoms with Crippen LogP contribution in [0.4, 0.5) is 15.8 Å². The van der Waals surface area contributed by atoms with Crippen LogP contribution in [0.3, 0.4) is 0 Å². The van der Waals surface area contributed by atoms with Crippen molar-refractivity contribution in [2.24, 2.45) is 0 Å². The van der Waals surface area contributed by atoms with Gasteiger partial charge in [0.1, 0.15) is 0 Å². The van der Waals surface area contributed by atoms with Crippen molar-refractivity contribution >= 4 is 17.3 Å². The van der Waals surface area contributed by atoms with Crippen LogP contribution >= 0.6 is 0 Å². The Morgan fingerprint density at radius 1 is 1.56 bits per heavy atom. The molecule has 18 heavy (non-hydrogen) atoms. The molecule has 1 aliphatic rings. The van der Waals surface area contributed by atoms with Crippen LogP contribution in [-0.4, -0.2) is 23.4 Å². The van der Waals surface area contributed by atoms with Crippen molar-refractivity contribution in [2.45, 2.75) is 18.9 Å². The van der Waals surface area contributed by atoms with Crippen LogP contribution in [0.2, 0.25) is 0 Å². The molecule has 2 N–H and O–H groups in total. The summed E-state index contributed by atoms with van der Waals surface area (Å²) in [6.07, 6.45) is 1.65. The van der Waals surface area contributed by atoms with E-state index in [-0.39, 0.29) is 17.6 Å². The maximum atomic E-state index is 13.1. The van der Waals surface area contributed by atoms with Gasteiger partial charge in [0.05, 0.1) is 11.0 Å². The van der Waals surface area contributed by atoms with Crippen LogP contribution in [0, 0.1) is 15.9 Å². The lowest BCUT2D eigenvalue weighted by atomic mass is 10.2. The highest BCUT2D eigenvalue weighted by Crippen LogP contribution is 2.22. The van der Waals surface area contributed by atoms with E-state index in [4.69, 9.17) is 0 Å². The summed E-state index contributed by atoms with van der Waals surface area (Å²) in [6, 6.07) is 3.00. The number of nitro benzene ring substituents is 1. The summed E-state index contributed by atoms with van der Waals surface area (Å²) in [7, 11) is 0. The van der Waals surface area contributed by atoms with E-state index in [0.29, 0.717) is 0 Å². The van der Waals surface area contributed by atoms with Crippen molar-refractivity contribution in [3.8, 4) is 0 Å². The normalized spacial score (nSPS) is 18.6. The van der Waals surface area contributed by atoms with Gasteiger partial charge in [-0.15, -0.1) is 0 Å². The second kappa shape index (κ2) is 5.09. The summed E-state index contributed by atoms with van der Waals surface area (Å²) >= 11 is 0. The van der Waals surface area contributed by atoms with E-state index in [1.165, 1.54) is 6.07 Å². The molecule has 1 amide bonds. The summed E-state index contributed by atoms with van der Waals surface area (Å²) in [6.45, 7) is 0.779. The summed E-state index contributed by atoms with van der Waals surface area (Å²) in [5.74, 6) is -1.18. The topological polar surface area (TPSA) is 84.3 Å². The number of carbonyl (C=O) groups excluding carboxylic acids is 1. The summed E-state index contributed by atoms with van der Waals surface area (Å²) in [5.41, 5.74) is -0.422. The Labute approximate surface area is 102 Å². The Bertz CT molecular complexity index is 486. The molecule has 1 heterocycles. The number of rotatable bonds is 3. The molecule has 1 aromatic carbocycles. The van der Waals surface area contributed by atoms with Gasteiger partial charge in [0.25, 0.3) is 0 Å². The van der Waals surface area contributed by atoms with E-state index in [1.807, 2.05) is 0 Å².